The summed E-state index contributed by atoms with van der Waals surface area (Å²) in [6.45, 7) is 10.8. The van der Waals surface area contributed by atoms with Crippen LogP contribution in [0, 0.1) is 0 Å². The molecule has 0 aromatic heterocycles. The van der Waals surface area contributed by atoms with Gasteiger partial charge in [0, 0.05) is 38.3 Å². The molecule has 0 aliphatic carbocycles. The van der Waals surface area contributed by atoms with E-state index >= 15 is 0 Å². The molecule has 2 rings (SSSR count). The summed E-state index contributed by atoms with van der Waals surface area (Å²) in [5.41, 5.74) is 0. The number of morpholine rings is 1. The molecule has 4 heteroatoms. The van der Waals surface area contributed by atoms with Gasteiger partial charge >= 0.3 is 0 Å². The minimum atomic E-state index is -0.0595. The molecule has 1 N–H and O–H groups in total. The number of likely N-dealkylation sites (tertiary alicyclic amines) is 1. The molecule has 2 aliphatic heterocycles. The van der Waals surface area contributed by atoms with Crippen LogP contribution in [0.15, 0.2) is 0 Å². The van der Waals surface area contributed by atoms with E-state index in [1.165, 1.54) is 12.8 Å². The third kappa shape index (κ3) is 4.71. The van der Waals surface area contributed by atoms with Crippen molar-refractivity contribution in [2.75, 3.05) is 39.4 Å². The van der Waals surface area contributed by atoms with Crippen LogP contribution in [0.3, 0.4) is 0 Å². The van der Waals surface area contributed by atoms with E-state index in [1.54, 1.807) is 0 Å². The van der Waals surface area contributed by atoms with Gasteiger partial charge in [-0.15, -0.1) is 0 Å². The highest BCUT2D eigenvalue weighted by molar-refractivity contribution is 4.78. The van der Waals surface area contributed by atoms with Gasteiger partial charge in [-0.1, -0.05) is 0 Å². The Balaban J connectivity index is 1.66. The SMILES string of the molecule is CC(CCC(C)N1CCC(O)CC1)N1CCOCC1. The van der Waals surface area contributed by atoms with E-state index in [0.717, 1.165) is 52.2 Å². The molecule has 19 heavy (non-hydrogen) atoms. The van der Waals surface area contributed by atoms with Gasteiger partial charge in [-0.2, -0.15) is 0 Å². The summed E-state index contributed by atoms with van der Waals surface area (Å²) >= 11 is 0. The highest BCUT2D eigenvalue weighted by Crippen LogP contribution is 2.18. The van der Waals surface area contributed by atoms with Crippen LogP contribution in [-0.2, 0) is 4.74 Å². The van der Waals surface area contributed by atoms with Gasteiger partial charge in [-0.25, -0.2) is 0 Å². The monoisotopic (exact) mass is 270 g/mol. The Bertz CT molecular complexity index is 249. The quantitative estimate of drug-likeness (QED) is 0.818. The number of hydrogen-bond acceptors (Lipinski definition) is 4. The predicted octanol–water partition coefficient (Wildman–Crippen LogP) is 1.33. The van der Waals surface area contributed by atoms with Gasteiger partial charge in [0.2, 0.25) is 0 Å². The van der Waals surface area contributed by atoms with Gasteiger partial charge < -0.3 is 14.7 Å². The van der Waals surface area contributed by atoms with Crippen LogP contribution in [-0.4, -0.2) is 72.5 Å². The average Bonchev–Trinajstić information content (AvgIpc) is 2.46. The van der Waals surface area contributed by atoms with Crippen molar-refractivity contribution in [3.63, 3.8) is 0 Å². The zero-order chi connectivity index (χ0) is 13.7. The Labute approximate surface area is 117 Å². The first-order chi connectivity index (χ1) is 9.16. The van der Waals surface area contributed by atoms with Crippen molar-refractivity contribution in [1.82, 2.24) is 9.80 Å². The fourth-order valence-electron chi connectivity index (χ4n) is 3.19. The minimum Gasteiger partial charge on any atom is -0.393 e. The summed E-state index contributed by atoms with van der Waals surface area (Å²) in [5.74, 6) is 0. The highest BCUT2D eigenvalue weighted by Gasteiger charge is 2.23. The Morgan fingerprint density at radius 2 is 1.42 bits per heavy atom. The van der Waals surface area contributed by atoms with Crippen molar-refractivity contribution >= 4 is 0 Å². The summed E-state index contributed by atoms with van der Waals surface area (Å²) < 4.78 is 5.41. The zero-order valence-electron chi connectivity index (χ0n) is 12.6. The second-order valence-corrected chi connectivity index (χ2v) is 6.19. The van der Waals surface area contributed by atoms with Gasteiger partial charge in [-0.05, 0) is 39.5 Å². The lowest BCUT2D eigenvalue weighted by molar-refractivity contribution is 0.0152. The maximum absolute atomic E-state index is 9.55. The molecule has 0 spiro atoms. The molecule has 0 aromatic carbocycles. The number of nitrogens with zero attached hydrogens (tertiary/aromatic N) is 2. The molecule has 0 radical (unpaired) electrons. The lowest BCUT2D eigenvalue weighted by Gasteiger charge is -2.36. The second-order valence-electron chi connectivity index (χ2n) is 6.19. The molecule has 4 nitrogen and oxygen atoms in total. The lowest BCUT2D eigenvalue weighted by Crippen LogP contribution is -2.44. The summed E-state index contributed by atoms with van der Waals surface area (Å²) in [4.78, 5) is 5.09. The molecule has 2 fully saturated rings. The molecule has 0 amide bonds. The fourth-order valence-corrected chi connectivity index (χ4v) is 3.19. The summed E-state index contributed by atoms with van der Waals surface area (Å²) in [5, 5.41) is 9.55. The standard InChI is InChI=1S/C15H30N2O2/c1-13(16-7-5-15(18)6-8-16)3-4-14(2)17-9-11-19-12-10-17/h13-15,18H,3-12H2,1-2H3. The molecule has 2 saturated heterocycles. The first kappa shape index (κ1) is 15.2. The minimum absolute atomic E-state index is 0.0595. The van der Waals surface area contributed by atoms with E-state index in [-0.39, 0.29) is 6.10 Å². The fraction of sp³-hybridized carbons (Fsp3) is 1.00. The molecule has 2 aliphatic rings. The number of aliphatic hydroxyl groups is 1. The van der Waals surface area contributed by atoms with Crippen LogP contribution in [0.1, 0.15) is 39.5 Å². The van der Waals surface area contributed by atoms with Crippen molar-refractivity contribution in [2.45, 2.75) is 57.7 Å². The van der Waals surface area contributed by atoms with Crippen molar-refractivity contribution in [1.29, 1.82) is 0 Å². The van der Waals surface area contributed by atoms with Crippen LogP contribution in [0.5, 0.6) is 0 Å². The van der Waals surface area contributed by atoms with E-state index in [4.69, 9.17) is 4.74 Å². The van der Waals surface area contributed by atoms with Gasteiger partial charge in [-0.3, -0.25) is 4.90 Å². The van der Waals surface area contributed by atoms with E-state index < -0.39 is 0 Å². The Morgan fingerprint density at radius 3 is 1.95 bits per heavy atom. The first-order valence-corrected chi connectivity index (χ1v) is 7.90. The molecule has 2 atom stereocenters. The van der Waals surface area contributed by atoms with Crippen LogP contribution in [0.2, 0.25) is 0 Å². The number of rotatable bonds is 5. The summed E-state index contributed by atoms with van der Waals surface area (Å²) in [6.07, 6.45) is 4.36. The van der Waals surface area contributed by atoms with Crippen LogP contribution >= 0.6 is 0 Å². The maximum atomic E-state index is 9.55. The third-order valence-corrected chi connectivity index (χ3v) is 4.79. The van der Waals surface area contributed by atoms with E-state index in [2.05, 4.69) is 23.6 Å². The van der Waals surface area contributed by atoms with E-state index in [0.29, 0.717) is 12.1 Å². The number of piperidine rings is 1. The van der Waals surface area contributed by atoms with E-state index in [9.17, 15) is 5.11 Å². The van der Waals surface area contributed by atoms with Crippen LogP contribution in [0.4, 0.5) is 0 Å². The molecule has 2 heterocycles. The third-order valence-electron chi connectivity index (χ3n) is 4.79. The number of aliphatic hydroxyl groups excluding tert-OH is 1. The van der Waals surface area contributed by atoms with Gasteiger partial charge in [0.05, 0.1) is 19.3 Å². The molecule has 2 unspecified atom stereocenters. The number of ether oxygens (including phenoxy) is 1. The molecule has 112 valence electrons. The smallest absolute Gasteiger partial charge is 0.0594 e. The van der Waals surface area contributed by atoms with Crippen molar-refractivity contribution in [3.8, 4) is 0 Å². The first-order valence-electron chi connectivity index (χ1n) is 7.90. The van der Waals surface area contributed by atoms with Gasteiger partial charge in [0.25, 0.3) is 0 Å². The summed E-state index contributed by atoms with van der Waals surface area (Å²) in [7, 11) is 0. The maximum Gasteiger partial charge on any atom is 0.0594 e. The summed E-state index contributed by atoms with van der Waals surface area (Å²) in [6, 6.07) is 1.32. The largest absolute Gasteiger partial charge is 0.393 e. The average molecular weight is 270 g/mol. The normalized spacial score (nSPS) is 27.3. The van der Waals surface area contributed by atoms with Crippen molar-refractivity contribution in [2.24, 2.45) is 0 Å². The molecule has 0 saturated carbocycles. The number of hydrogen-bond donors (Lipinski definition) is 1. The highest BCUT2D eigenvalue weighted by atomic mass is 16.5. The molecule has 0 aromatic rings. The zero-order valence-corrected chi connectivity index (χ0v) is 12.6. The molecular weight excluding hydrogens is 240 g/mol. The van der Waals surface area contributed by atoms with Crippen LogP contribution < -0.4 is 0 Å². The van der Waals surface area contributed by atoms with Gasteiger partial charge in [0.15, 0.2) is 0 Å². The Kier molecular flexibility index (Phi) is 6.07. The Hall–Kier alpha value is -0.160. The predicted molar refractivity (Wildman–Crippen MR) is 77.4 cm³/mol. The topological polar surface area (TPSA) is 35.9 Å². The van der Waals surface area contributed by atoms with E-state index in [1.807, 2.05) is 0 Å². The lowest BCUT2D eigenvalue weighted by atomic mass is 10.0. The van der Waals surface area contributed by atoms with Crippen molar-refractivity contribution in [3.05, 3.63) is 0 Å². The second kappa shape index (κ2) is 7.58. The van der Waals surface area contributed by atoms with Crippen molar-refractivity contribution < 1.29 is 9.84 Å². The van der Waals surface area contributed by atoms with Crippen LogP contribution in [0.25, 0.3) is 0 Å². The van der Waals surface area contributed by atoms with Gasteiger partial charge in [0.1, 0.15) is 0 Å². The molecular formula is C15H30N2O2. The molecule has 0 bridgehead atoms. The Morgan fingerprint density at radius 1 is 0.947 bits per heavy atom.